The SMILES string of the molecule is Cc1ccc(COc2cc(/C(N)=N/O)ccc2C)cc1. The smallest absolute Gasteiger partial charge is 0.170 e. The molecule has 104 valence electrons. The summed E-state index contributed by atoms with van der Waals surface area (Å²) in [6, 6.07) is 13.6. The van der Waals surface area contributed by atoms with Crippen molar-refractivity contribution in [3.63, 3.8) is 0 Å². The first kappa shape index (κ1) is 13.9. The van der Waals surface area contributed by atoms with E-state index in [-0.39, 0.29) is 5.84 Å². The Morgan fingerprint density at radius 2 is 1.85 bits per heavy atom. The lowest BCUT2D eigenvalue weighted by molar-refractivity contribution is 0.304. The highest BCUT2D eigenvalue weighted by Gasteiger charge is 2.05. The summed E-state index contributed by atoms with van der Waals surface area (Å²) in [5.41, 5.74) is 9.55. The van der Waals surface area contributed by atoms with E-state index in [0.29, 0.717) is 12.2 Å². The van der Waals surface area contributed by atoms with Crippen LogP contribution >= 0.6 is 0 Å². The molecule has 0 unspecified atom stereocenters. The van der Waals surface area contributed by atoms with Crippen molar-refractivity contribution in [3.8, 4) is 5.75 Å². The number of rotatable bonds is 4. The standard InChI is InChI=1S/C16H18N2O2/c1-11-3-6-13(7-4-11)10-20-15-9-14(16(17)18-19)8-5-12(15)2/h3-9,19H,10H2,1-2H3,(H2,17,18). The Kier molecular flexibility index (Phi) is 4.25. The topological polar surface area (TPSA) is 67.8 Å². The Balaban J connectivity index is 2.14. The van der Waals surface area contributed by atoms with Gasteiger partial charge in [-0.15, -0.1) is 0 Å². The highest BCUT2D eigenvalue weighted by atomic mass is 16.5. The van der Waals surface area contributed by atoms with Crippen LogP contribution in [-0.2, 0) is 6.61 Å². The largest absolute Gasteiger partial charge is 0.489 e. The Morgan fingerprint density at radius 3 is 2.50 bits per heavy atom. The third kappa shape index (κ3) is 3.29. The molecule has 0 aliphatic heterocycles. The first-order valence-corrected chi connectivity index (χ1v) is 6.37. The molecular weight excluding hydrogens is 252 g/mol. The van der Waals surface area contributed by atoms with Crippen LogP contribution in [0.15, 0.2) is 47.6 Å². The summed E-state index contributed by atoms with van der Waals surface area (Å²) < 4.78 is 5.81. The molecule has 4 heteroatoms. The number of hydrogen-bond acceptors (Lipinski definition) is 3. The van der Waals surface area contributed by atoms with Crippen LogP contribution in [0, 0.1) is 13.8 Å². The monoisotopic (exact) mass is 270 g/mol. The van der Waals surface area contributed by atoms with Crippen LogP contribution in [0.25, 0.3) is 0 Å². The second kappa shape index (κ2) is 6.10. The molecule has 2 aromatic carbocycles. The van der Waals surface area contributed by atoms with Crippen LogP contribution in [-0.4, -0.2) is 11.0 Å². The number of oxime groups is 1. The van der Waals surface area contributed by atoms with Crippen molar-refractivity contribution < 1.29 is 9.94 Å². The van der Waals surface area contributed by atoms with Crippen LogP contribution in [0.4, 0.5) is 0 Å². The maximum atomic E-state index is 8.70. The van der Waals surface area contributed by atoms with E-state index in [1.54, 1.807) is 12.1 Å². The number of nitrogens with two attached hydrogens (primary N) is 1. The zero-order valence-electron chi connectivity index (χ0n) is 11.6. The van der Waals surface area contributed by atoms with Gasteiger partial charge in [-0.3, -0.25) is 0 Å². The van der Waals surface area contributed by atoms with E-state index in [2.05, 4.69) is 24.2 Å². The lowest BCUT2D eigenvalue weighted by atomic mass is 10.1. The lowest BCUT2D eigenvalue weighted by Gasteiger charge is -2.11. The molecule has 0 heterocycles. The van der Waals surface area contributed by atoms with Gasteiger partial charge in [-0.2, -0.15) is 0 Å². The Bertz CT molecular complexity index is 619. The minimum Gasteiger partial charge on any atom is -0.489 e. The predicted octanol–water partition coefficient (Wildman–Crippen LogP) is 2.98. The van der Waals surface area contributed by atoms with Crippen molar-refractivity contribution in [2.45, 2.75) is 20.5 Å². The van der Waals surface area contributed by atoms with E-state index in [0.717, 1.165) is 16.9 Å². The first-order valence-electron chi connectivity index (χ1n) is 6.37. The average molecular weight is 270 g/mol. The van der Waals surface area contributed by atoms with Crippen molar-refractivity contribution in [3.05, 3.63) is 64.7 Å². The van der Waals surface area contributed by atoms with E-state index in [4.69, 9.17) is 15.7 Å². The van der Waals surface area contributed by atoms with Gasteiger partial charge in [0.1, 0.15) is 12.4 Å². The Labute approximate surface area is 118 Å². The van der Waals surface area contributed by atoms with Crippen molar-refractivity contribution in [2.75, 3.05) is 0 Å². The Hall–Kier alpha value is -2.49. The van der Waals surface area contributed by atoms with Crippen LogP contribution in [0.5, 0.6) is 5.75 Å². The van der Waals surface area contributed by atoms with Gasteiger partial charge in [0.15, 0.2) is 5.84 Å². The molecule has 0 bridgehead atoms. The maximum Gasteiger partial charge on any atom is 0.170 e. The molecule has 0 spiro atoms. The van der Waals surface area contributed by atoms with Crippen LogP contribution in [0.2, 0.25) is 0 Å². The van der Waals surface area contributed by atoms with Gasteiger partial charge in [0, 0.05) is 5.56 Å². The number of hydrogen-bond donors (Lipinski definition) is 2. The van der Waals surface area contributed by atoms with Crippen molar-refractivity contribution in [2.24, 2.45) is 10.9 Å². The van der Waals surface area contributed by atoms with Crippen molar-refractivity contribution in [1.82, 2.24) is 0 Å². The molecular formula is C16H18N2O2. The lowest BCUT2D eigenvalue weighted by Crippen LogP contribution is -2.13. The van der Waals surface area contributed by atoms with Gasteiger partial charge in [-0.25, -0.2) is 0 Å². The van der Waals surface area contributed by atoms with Gasteiger partial charge < -0.3 is 15.7 Å². The molecule has 0 saturated heterocycles. The fraction of sp³-hybridized carbons (Fsp3) is 0.188. The van der Waals surface area contributed by atoms with Gasteiger partial charge in [0.25, 0.3) is 0 Å². The first-order chi connectivity index (χ1) is 9.60. The summed E-state index contributed by atoms with van der Waals surface area (Å²) >= 11 is 0. The summed E-state index contributed by atoms with van der Waals surface area (Å²) in [5.74, 6) is 0.805. The quantitative estimate of drug-likeness (QED) is 0.388. The molecule has 20 heavy (non-hydrogen) atoms. The van der Waals surface area contributed by atoms with Gasteiger partial charge in [0.2, 0.25) is 0 Å². The molecule has 0 atom stereocenters. The van der Waals surface area contributed by atoms with Gasteiger partial charge in [0.05, 0.1) is 0 Å². The van der Waals surface area contributed by atoms with Crippen LogP contribution < -0.4 is 10.5 Å². The summed E-state index contributed by atoms with van der Waals surface area (Å²) in [5, 5.41) is 11.7. The van der Waals surface area contributed by atoms with E-state index >= 15 is 0 Å². The zero-order valence-corrected chi connectivity index (χ0v) is 11.6. The maximum absolute atomic E-state index is 8.70. The van der Waals surface area contributed by atoms with Crippen molar-refractivity contribution in [1.29, 1.82) is 0 Å². The molecule has 0 radical (unpaired) electrons. The average Bonchev–Trinajstić information content (AvgIpc) is 2.47. The van der Waals surface area contributed by atoms with E-state index in [1.807, 2.05) is 25.1 Å². The number of nitrogens with zero attached hydrogens (tertiary/aromatic N) is 1. The zero-order chi connectivity index (χ0) is 14.5. The fourth-order valence-electron chi connectivity index (χ4n) is 1.82. The van der Waals surface area contributed by atoms with Crippen LogP contribution in [0.3, 0.4) is 0 Å². The molecule has 0 fully saturated rings. The third-order valence-corrected chi connectivity index (χ3v) is 3.11. The molecule has 0 aliphatic rings. The summed E-state index contributed by atoms with van der Waals surface area (Å²) in [4.78, 5) is 0. The van der Waals surface area contributed by atoms with Crippen LogP contribution in [0.1, 0.15) is 22.3 Å². The molecule has 2 rings (SSSR count). The molecule has 3 N–H and O–H groups in total. The second-order valence-corrected chi connectivity index (χ2v) is 4.74. The minimum atomic E-state index is 0.0742. The normalized spacial score (nSPS) is 11.4. The van der Waals surface area contributed by atoms with Gasteiger partial charge >= 0.3 is 0 Å². The predicted molar refractivity (Wildman–Crippen MR) is 79.2 cm³/mol. The minimum absolute atomic E-state index is 0.0742. The highest BCUT2D eigenvalue weighted by Crippen LogP contribution is 2.21. The van der Waals surface area contributed by atoms with E-state index < -0.39 is 0 Å². The van der Waals surface area contributed by atoms with E-state index in [1.165, 1.54) is 5.56 Å². The number of amidine groups is 1. The van der Waals surface area contributed by atoms with Gasteiger partial charge in [-0.05, 0) is 31.0 Å². The molecule has 0 saturated carbocycles. The molecule has 4 nitrogen and oxygen atoms in total. The number of benzene rings is 2. The number of aryl methyl sites for hydroxylation is 2. The van der Waals surface area contributed by atoms with E-state index in [9.17, 15) is 0 Å². The fourth-order valence-corrected chi connectivity index (χ4v) is 1.82. The molecule has 2 aromatic rings. The molecule has 0 aliphatic carbocycles. The summed E-state index contributed by atoms with van der Waals surface area (Å²) in [6.07, 6.45) is 0. The summed E-state index contributed by atoms with van der Waals surface area (Å²) in [6.45, 7) is 4.50. The molecule has 0 amide bonds. The molecule has 0 aromatic heterocycles. The second-order valence-electron chi connectivity index (χ2n) is 4.74. The Morgan fingerprint density at radius 1 is 1.15 bits per heavy atom. The highest BCUT2D eigenvalue weighted by molar-refractivity contribution is 5.97. The summed E-state index contributed by atoms with van der Waals surface area (Å²) in [7, 11) is 0. The van der Waals surface area contributed by atoms with Crippen molar-refractivity contribution >= 4 is 5.84 Å². The van der Waals surface area contributed by atoms with Gasteiger partial charge in [-0.1, -0.05) is 47.1 Å². The third-order valence-electron chi connectivity index (χ3n) is 3.11. The number of ether oxygens (including phenoxy) is 1.